The quantitative estimate of drug-likeness (QED) is 0.849. The van der Waals surface area contributed by atoms with Crippen molar-refractivity contribution in [3.8, 4) is 5.75 Å². The van der Waals surface area contributed by atoms with Gasteiger partial charge in [-0.1, -0.05) is 19.1 Å². The minimum atomic E-state index is -0.121. The molecule has 5 nitrogen and oxygen atoms in total. The lowest BCUT2D eigenvalue weighted by molar-refractivity contribution is 0.0947. The maximum Gasteiger partial charge on any atom is 0.269 e. The van der Waals surface area contributed by atoms with Crippen LogP contribution in [0.15, 0.2) is 36.5 Å². The molecule has 0 fully saturated rings. The third-order valence-corrected chi connectivity index (χ3v) is 3.29. The maximum absolute atomic E-state index is 11.7. The fourth-order valence-electron chi connectivity index (χ4n) is 1.98. The molecule has 0 saturated carbocycles. The predicted octanol–water partition coefficient (Wildman–Crippen LogP) is 2.34. The number of nitrogens with one attached hydrogen (secondary N) is 2. The third-order valence-electron chi connectivity index (χ3n) is 3.29. The maximum atomic E-state index is 11.7. The van der Waals surface area contributed by atoms with E-state index >= 15 is 0 Å². The molecule has 1 amide bonds. The summed E-state index contributed by atoms with van der Waals surface area (Å²) in [6, 6.07) is 9.67. The Morgan fingerprint density at radius 3 is 2.70 bits per heavy atom. The molecule has 20 heavy (non-hydrogen) atoms. The van der Waals surface area contributed by atoms with Crippen LogP contribution in [0.25, 0.3) is 0 Å². The lowest BCUT2D eigenvalue weighted by Gasteiger charge is -2.12. The molecule has 1 heterocycles. The van der Waals surface area contributed by atoms with Gasteiger partial charge in [0.1, 0.15) is 11.4 Å². The van der Waals surface area contributed by atoms with Crippen molar-refractivity contribution in [1.29, 1.82) is 0 Å². The first-order chi connectivity index (χ1) is 9.70. The molecule has 0 bridgehead atoms. The molecule has 2 rings (SSSR count). The fourth-order valence-corrected chi connectivity index (χ4v) is 1.98. The van der Waals surface area contributed by atoms with E-state index in [0.717, 1.165) is 12.2 Å². The van der Waals surface area contributed by atoms with E-state index in [1.165, 1.54) is 5.56 Å². The number of amides is 1. The standard InChI is InChI=1S/C15H19N3O2/c1-11(12-3-5-13(20-2)6-4-12)7-9-16-15(19)14-8-10-17-18-14/h3-6,8,10-11H,7,9H2,1-2H3,(H,16,19)(H,17,18)/t11-/m1/s1. The summed E-state index contributed by atoms with van der Waals surface area (Å²) in [6.45, 7) is 2.77. The smallest absolute Gasteiger partial charge is 0.269 e. The summed E-state index contributed by atoms with van der Waals surface area (Å²) >= 11 is 0. The molecular weight excluding hydrogens is 254 g/mol. The third kappa shape index (κ3) is 3.60. The SMILES string of the molecule is COc1ccc([C@H](C)CCNC(=O)c2ccn[nH]2)cc1. The number of carbonyl (C=O) groups is 1. The molecule has 0 saturated heterocycles. The highest BCUT2D eigenvalue weighted by molar-refractivity contribution is 5.92. The van der Waals surface area contributed by atoms with E-state index in [0.29, 0.717) is 18.2 Å². The summed E-state index contributed by atoms with van der Waals surface area (Å²) in [5, 5.41) is 9.27. The van der Waals surface area contributed by atoms with Gasteiger partial charge < -0.3 is 10.1 Å². The van der Waals surface area contributed by atoms with Gasteiger partial charge >= 0.3 is 0 Å². The van der Waals surface area contributed by atoms with E-state index in [1.54, 1.807) is 19.4 Å². The Morgan fingerprint density at radius 2 is 2.10 bits per heavy atom. The summed E-state index contributed by atoms with van der Waals surface area (Å²) < 4.78 is 5.14. The van der Waals surface area contributed by atoms with Crippen molar-refractivity contribution < 1.29 is 9.53 Å². The van der Waals surface area contributed by atoms with Crippen LogP contribution in [0.4, 0.5) is 0 Å². The van der Waals surface area contributed by atoms with Gasteiger partial charge in [0.15, 0.2) is 0 Å². The second-order valence-corrected chi connectivity index (χ2v) is 4.69. The van der Waals surface area contributed by atoms with E-state index in [1.807, 2.05) is 12.1 Å². The van der Waals surface area contributed by atoms with Crippen LogP contribution in [0.2, 0.25) is 0 Å². The number of ether oxygens (including phenoxy) is 1. The molecule has 0 spiro atoms. The van der Waals surface area contributed by atoms with Gasteiger partial charge in [-0.05, 0) is 36.1 Å². The van der Waals surface area contributed by atoms with Gasteiger partial charge in [-0.25, -0.2) is 0 Å². The number of aromatic nitrogens is 2. The highest BCUT2D eigenvalue weighted by Crippen LogP contribution is 2.21. The van der Waals surface area contributed by atoms with Gasteiger partial charge in [-0.3, -0.25) is 9.89 Å². The lowest BCUT2D eigenvalue weighted by atomic mass is 9.98. The van der Waals surface area contributed by atoms with Gasteiger partial charge in [0.25, 0.3) is 5.91 Å². The van der Waals surface area contributed by atoms with Crippen LogP contribution in [0.3, 0.4) is 0 Å². The second-order valence-electron chi connectivity index (χ2n) is 4.69. The van der Waals surface area contributed by atoms with Crippen molar-refractivity contribution >= 4 is 5.91 Å². The van der Waals surface area contributed by atoms with Crippen molar-refractivity contribution in [2.24, 2.45) is 0 Å². The van der Waals surface area contributed by atoms with E-state index < -0.39 is 0 Å². The molecule has 1 aromatic heterocycles. The first-order valence-electron chi connectivity index (χ1n) is 6.62. The Balaban J connectivity index is 1.79. The fraction of sp³-hybridized carbons (Fsp3) is 0.333. The zero-order valence-electron chi connectivity index (χ0n) is 11.7. The highest BCUT2D eigenvalue weighted by Gasteiger charge is 2.09. The number of rotatable bonds is 6. The number of benzene rings is 1. The average molecular weight is 273 g/mol. The zero-order chi connectivity index (χ0) is 14.4. The van der Waals surface area contributed by atoms with E-state index in [2.05, 4.69) is 34.6 Å². The van der Waals surface area contributed by atoms with Crippen molar-refractivity contribution in [2.45, 2.75) is 19.3 Å². The van der Waals surface area contributed by atoms with E-state index in [-0.39, 0.29) is 5.91 Å². The first kappa shape index (κ1) is 14.1. The molecule has 0 aliphatic rings. The van der Waals surface area contributed by atoms with Crippen molar-refractivity contribution in [2.75, 3.05) is 13.7 Å². The van der Waals surface area contributed by atoms with Crippen LogP contribution in [0.5, 0.6) is 5.75 Å². The van der Waals surface area contributed by atoms with E-state index in [4.69, 9.17) is 4.74 Å². The Morgan fingerprint density at radius 1 is 1.35 bits per heavy atom. The Bertz CT molecular complexity index is 535. The van der Waals surface area contributed by atoms with Crippen LogP contribution < -0.4 is 10.1 Å². The molecule has 2 N–H and O–H groups in total. The number of nitrogens with zero attached hydrogens (tertiary/aromatic N) is 1. The average Bonchev–Trinajstić information content (AvgIpc) is 3.01. The molecule has 1 aromatic carbocycles. The summed E-state index contributed by atoms with van der Waals surface area (Å²) in [5.74, 6) is 1.11. The largest absolute Gasteiger partial charge is 0.497 e. The summed E-state index contributed by atoms with van der Waals surface area (Å²) in [5.41, 5.74) is 1.73. The summed E-state index contributed by atoms with van der Waals surface area (Å²) in [7, 11) is 1.66. The van der Waals surface area contributed by atoms with Crippen LogP contribution in [0, 0.1) is 0 Å². The van der Waals surface area contributed by atoms with Crippen LogP contribution in [-0.2, 0) is 0 Å². The molecule has 0 aliphatic heterocycles. The van der Waals surface area contributed by atoms with E-state index in [9.17, 15) is 4.79 Å². The number of methoxy groups -OCH3 is 1. The highest BCUT2D eigenvalue weighted by atomic mass is 16.5. The Kier molecular flexibility index (Phi) is 4.76. The molecular formula is C15H19N3O2. The molecule has 0 radical (unpaired) electrons. The normalized spacial score (nSPS) is 11.9. The predicted molar refractivity (Wildman–Crippen MR) is 76.9 cm³/mol. The minimum Gasteiger partial charge on any atom is -0.497 e. The zero-order valence-corrected chi connectivity index (χ0v) is 11.7. The van der Waals surface area contributed by atoms with Crippen molar-refractivity contribution in [1.82, 2.24) is 15.5 Å². The Labute approximate surface area is 118 Å². The van der Waals surface area contributed by atoms with Gasteiger partial charge in [-0.15, -0.1) is 0 Å². The van der Waals surface area contributed by atoms with Gasteiger partial charge in [0, 0.05) is 12.7 Å². The molecule has 0 aliphatic carbocycles. The van der Waals surface area contributed by atoms with Crippen LogP contribution >= 0.6 is 0 Å². The lowest BCUT2D eigenvalue weighted by Crippen LogP contribution is -2.25. The summed E-state index contributed by atoms with van der Waals surface area (Å²) in [4.78, 5) is 11.7. The topological polar surface area (TPSA) is 67.0 Å². The minimum absolute atomic E-state index is 0.121. The number of carbonyl (C=O) groups excluding carboxylic acids is 1. The monoisotopic (exact) mass is 273 g/mol. The molecule has 0 unspecified atom stereocenters. The molecule has 5 heteroatoms. The number of hydrogen-bond donors (Lipinski definition) is 2. The second kappa shape index (κ2) is 6.75. The number of H-pyrrole nitrogens is 1. The molecule has 106 valence electrons. The van der Waals surface area contributed by atoms with Crippen LogP contribution in [-0.4, -0.2) is 29.8 Å². The van der Waals surface area contributed by atoms with Gasteiger partial charge in [0.05, 0.1) is 7.11 Å². The van der Waals surface area contributed by atoms with Crippen molar-refractivity contribution in [3.05, 3.63) is 47.8 Å². The molecule has 2 aromatic rings. The number of aromatic amines is 1. The number of hydrogen-bond acceptors (Lipinski definition) is 3. The molecule has 1 atom stereocenters. The van der Waals surface area contributed by atoms with Gasteiger partial charge in [-0.2, -0.15) is 5.10 Å². The first-order valence-corrected chi connectivity index (χ1v) is 6.62. The van der Waals surface area contributed by atoms with Crippen LogP contribution in [0.1, 0.15) is 35.3 Å². The summed E-state index contributed by atoms with van der Waals surface area (Å²) in [6.07, 6.45) is 2.45. The Hall–Kier alpha value is -2.30. The van der Waals surface area contributed by atoms with Gasteiger partial charge in [0.2, 0.25) is 0 Å². The van der Waals surface area contributed by atoms with Crippen molar-refractivity contribution in [3.63, 3.8) is 0 Å².